The molecular formula is C14H12N2O3S. The van der Waals surface area contributed by atoms with Gasteiger partial charge in [0.25, 0.3) is 0 Å². The Morgan fingerprint density at radius 3 is 2.35 bits per heavy atom. The molecule has 102 valence electrons. The maximum Gasteiger partial charge on any atom is 0.238 e. The molecule has 0 aliphatic heterocycles. The molecule has 0 bridgehead atoms. The van der Waals surface area contributed by atoms with Gasteiger partial charge in [-0.25, -0.2) is 13.6 Å². The van der Waals surface area contributed by atoms with E-state index in [9.17, 15) is 8.42 Å². The molecule has 0 heterocycles. The first-order valence-electron chi connectivity index (χ1n) is 5.71. The van der Waals surface area contributed by atoms with Crippen LogP contribution in [0.15, 0.2) is 47.4 Å². The smallest absolute Gasteiger partial charge is 0.238 e. The molecule has 2 rings (SSSR count). The monoisotopic (exact) mass is 288 g/mol. The Kier molecular flexibility index (Phi) is 3.74. The van der Waals surface area contributed by atoms with E-state index >= 15 is 0 Å². The molecule has 0 aliphatic rings. The fraction of sp³-hybridized carbons (Fsp3) is 0.0714. The third kappa shape index (κ3) is 3.15. The van der Waals surface area contributed by atoms with Gasteiger partial charge < -0.3 is 4.74 Å². The van der Waals surface area contributed by atoms with E-state index in [1.807, 2.05) is 13.0 Å². The lowest BCUT2D eigenvalue weighted by Crippen LogP contribution is -2.11. The molecule has 0 fully saturated rings. The number of aryl methyl sites for hydroxylation is 1. The van der Waals surface area contributed by atoms with E-state index in [4.69, 9.17) is 15.1 Å². The molecule has 20 heavy (non-hydrogen) atoms. The average molecular weight is 288 g/mol. The number of sulfonamides is 1. The molecule has 2 N–H and O–H groups in total. The van der Waals surface area contributed by atoms with E-state index in [0.717, 1.165) is 5.56 Å². The molecule has 0 amide bonds. The van der Waals surface area contributed by atoms with E-state index in [1.165, 1.54) is 24.3 Å². The normalized spacial score (nSPS) is 10.8. The van der Waals surface area contributed by atoms with Crippen LogP contribution in [0, 0.1) is 18.3 Å². The van der Waals surface area contributed by atoms with Gasteiger partial charge in [-0.05, 0) is 48.9 Å². The van der Waals surface area contributed by atoms with Crippen molar-refractivity contribution in [3.63, 3.8) is 0 Å². The van der Waals surface area contributed by atoms with Crippen molar-refractivity contribution in [3.05, 3.63) is 53.6 Å². The van der Waals surface area contributed by atoms with Crippen LogP contribution in [0.5, 0.6) is 11.5 Å². The third-order valence-corrected chi connectivity index (χ3v) is 3.63. The number of nitrogens with zero attached hydrogens (tertiary/aromatic N) is 1. The zero-order valence-corrected chi connectivity index (χ0v) is 11.5. The van der Waals surface area contributed by atoms with E-state index < -0.39 is 10.0 Å². The first kappa shape index (κ1) is 14.1. The van der Waals surface area contributed by atoms with Crippen molar-refractivity contribution in [3.8, 4) is 17.6 Å². The van der Waals surface area contributed by atoms with Crippen molar-refractivity contribution in [2.45, 2.75) is 11.8 Å². The summed E-state index contributed by atoms with van der Waals surface area (Å²) in [6.45, 7) is 1.86. The average Bonchev–Trinajstić information content (AvgIpc) is 2.41. The summed E-state index contributed by atoms with van der Waals surface area (Å²) < 4.78 is 27.9. The van der Waals surface area contributed by atoms with Crippen LogP contribution >= 0.6 is 0 Å². The Labute approximate surface area is 117 Å². The summed E-state index contributed by atoms with van der Waals surface area (Å²) in [5, 5.41) is 13.9. The minimum atomic E-state index is -3.71. The highest BCUT2D eigenvalue weighted by Crippen LogP contribution is 2.26. The minimum Gasteiger partial charge on any atom is -0.457 e. The number of hydrogen-bond acceptors (Lipinski definition) is 4. The number of ether oxygens (including phenoxy) is 1. The quantitative estimate of drug-likeness (QED) is 0.937. The molecule has 0 aliphatic carbocycles. The molecule has 0 atom stereocenters. The molecule has 0 radical (unpaired) electrons. The highest BCUT2D eigenvalue weighted by Gasteiger charge is 2.08. The number of rotatable bonds is 3. The Morgan fingerprint density at radius 1 is 1.15 bits per heavy atom. The van der Waals surface area contributed by atoms with Gasteiger partial charge in [0, 0.05) is 0 Å². The highest BCUT2D eigenvalue weighted by atomic mass is 32.2. The molecule has 5 nitrogen and oxygen atoms in total. The van der Waals surface area contributed by atoms with E-state index in [0.29, 0.717) is 17.1 Å². The summed E-state index contributed by atoms with van der Waals surface area (Å²) in [7, 11) is -3.71. The van der Waals surface area contributed by atoms with Crippen LogP contribution < -0.4 is 9.88 Å². The molecule has 2 aromatic rings. The first-order chi connectivity index (χ1) is 9.40. The predicted octanol–water partition coefficient (Wildman–Crippen LogP) is 2.31. The van der Waals surface area contributed by atoms with E-state index in [1.54, 1.807) is 18.2 Å². The van der Waals surface area contributed by atoms with Gasteiger partial charge in [0.05, 0.1) is 16.5 Å². The Balaban J connectivity index is 2.29. The van der Waals surface area contributed by atoms with Gasteiger partial charge in [-0.3, -0.25) is 0 Å². The third-order valence-electron chi connectivity index (χ3n) is 2.70. The van der Waals surface area contributed by atoms with Crippen LogP contribution in [-0.4, -0.2) is 8.42 Å². The molecule has 0 aromatic heterocycles. The van der Waals surface area contributed by atoms with Gasteiger partial charge in [-0.15, -0.1) is 0 Å². The molecule has 6 heteroatoms. The van der Waals surface area contributed by atoms with Crippen LogP contribution in [0.1, 0.15) is 11.1 Å². The van der Waals surface area contributed by atoms with Crippen LogP contribution in [0.25, 0.3) is 0 Å². The van der Waals surface area contributed by atoms with Crippen molar-refractivity contribution in [2.24, 2.45) is 5.14 Å². The molecule has 0 spiro atoms. The van der Waals surface area contributed by atoms with Crippen LogP contribution in [0.3, 0.4) is 0 Å². The Bertz CT molecular complexity index is 775. The van der Waals surface area contributed by atoms with Crippen LogP contribution in [-0.2, 0) is 10.0 Å². The van der Waals surface area contributed by atoms with Gasteiger partial charge >= 0.3 is 0 Å². The second kappa shape index (κ2) is 5.33. The molecule has 0 saturated heterocycles. The highest BCUT2D eigenvalue weighted by molar-refractivity contribution is 7.89. The lowest BCUT2D eigenvalue weighted by molar-refractivity contribution is 0.478. The zero-order valence-electron chi connectivity index (χ0n) is 10.7. The van der Waals surface area contributed by atoms with Gasteiger partial charge in [-0.1, -0.05) is 6.07 Å². The number of benzene rings is 2. The number of primary sulfonamides is 1. The predicted molar refractivity (Wildman–Crippen MR) is 73.8 cm³/mol. The zero-order chi connectivity index (χ0) is 14.8. The van der Waals surface area contributed by atoms with Crippen molar-refractivity contribution in [2.75, 3.05) is 0 Å². The fourth-order valence-electron chi connectivity index (χ4n) is 1.60. The van der Waals surface area contributed by atoms with Gasteiger partial charge in [0.1, 0.15) is 11.5 Å². The molecule has 2 aromatic carbocycles. The van der Waals surface area contributed by atoms with Crippen molar-refractivity contribution in [1.82, 2.24) is 0 Å². The summed E-state index contributed by atoms with van der Waals surface area (Å²) >= 11 is 0. The largest absolute Gasteiger partial charge is 0.457 e. The van der Waals surface area contributed by atoms with Gasteiger partial charge in [0.2, 0.25) is 10.0 Å². The van der Waals surface area contributed by atoms with Gasteiger partial charge in [-0.2, -0.15) is 5.26 Å². The van der Waals surface area contributed by atoms with Crippen LogP contribution in [0.2, 0.25) is 0 Å². The number of nitriles is 1. The van der Waals surface area contributed by atoms with Crippen molar-refractivity contribution >= 4 is 10.0 Å². The summed E-state index contributed by atoms with van der Waals surface area (Å²) in [6, 6.07) is 12.9. The summed E-state index contributed by atoms with van der Waals surface area (Å²) in [5.74, 6) is 1.02. The fourth-order valence-corrected chi connectivity index (χ4v) is 2.12. The number of hydrogen-bond donors (Lipinski definition) is 1. The minimum absolute atomic E-state index is 0.0207. The second-order valence-corrected chi connectivity index (χ2v) is 5.77. The Hall–Kier alpha value is -2.36. The van der Waals surface area contributed by atoms with Crippen molar-refractivity contribution < 1.29 is 13.2 Å². The standard InChI is InChI=1S/C14H12N2O3S/c1-10-2-3-11(9-15)8-14(10)19-12-4-6-13(7-5-12)20(16,17)18/h2-8H,1H3,(H2,16,17,18). The van der Waals surface area contributed by atoms with E-state index in [2.05, 4.69) is 0 Å². The van der Waals surface area contributed by atoms with Crippen molar-refractivity contribution in [1.29, 1.82) is 5.26 Å². The SMILES string of the molecule is Cc1ccc(C#N)cc1Oc1ccc(S(N)(=O)=O)cc1. The van der Waals surface area contributed by atoms with Crippen LogP contribution in [0.4, 0.5) is 0 Å². The summed E-state index contributed by atoms with van der Waals surface area (Å²) in [6.07, 6.45) is 0. The maximum atomic E-state index is 11.1. The lowest BCUT2D eigenvalue weighted by Gasteiger charge is -2.09. The summed E-state index contributed by atoms with van der Waals surface area (Å²) in [4.78, 5) is 0.0207. The molecule has 0 unspecified atom stereocenters. The lowest BCUT2D eigenvalue weighted by atomic mass is 10.1. The first-order valence-corrected chi connectivity index (χ1v) is 7.26. The topological polar surface area (TPSA) is 93.2 Å². The maximum absolute atomic E-state index is 11.1. The summed E-state index contributed by atoms with van der Waals surface area (Å²) in [5.41, 5.74) is 1.37. The Morgan fingerprint density at radius 2 is 1.80 bits per heavy atom. The van der Waals surface area contributed by atoms with E-state index in [-0.39, 0.29) is 4.90 Å². The molecule has 0 saturated carbocycles. The molecular weight excluding hydrogens is 276 g/mol. The number of nitrogens with two attached hydrogens (primary N) is 1. The second-order valence-electron chi connectivity index (χ2n) is 4.21. The van der Waals surface area contributed by atoms with Gasteiger partial charge in [0.15, 0.2) is 0 Å².